The van der Waals surface area contributed by atoms with Gasteiger partial charge in [0.05, 0.1) is 5.69 Å². The van der Waals surface area contributed by atoms with Gasteiger partial charge in [0.2, 0.25) is 0 Å². The van der Waals surface area contributed by atoms with E-state index >= 15 is 0 Å². The van der Waals surface area contributed by atoms with Crippen molar-refractivity contribution in [2.75, 3.05) is 0 Å². The van der Waals surface area contributed by atoms with Crippen LogP contribution in [0.15, 0.2) is 30.3 Å². The molecule has 4 nitrogen and oxygen atoms in total. The Morgan fingerprint density at radius 2 is 2.09 bits per heavy atom. The zero-order chi connectivity index (χ0) is 15.5. The van der Waals surface area contributed by atoms with Crippen molar-refractivity contribution in [3.8, 4) is 0 Å². The predicted molar refractivity (Wildman–Crippen MR) is 85.1 cm³/mol. The smallest absolute Gasteiger partial charge is 0.312 e. The predicted octanol–water partition coefficient (Wildman–Crippen LogP) is 3.19. The van der Waals surface area contributed by atoms with Crippen molar-refractivity contribution in [2.45, 2.75) is 51.5 Å². The minimum atomic E-state index is -0.740. The summed E-state index contributed by atoms with van der Waals surface area (Å²) >= 11 is 0. The van der Waals surface area contributed by atoms with E-state index in [0.717, 1.165) is 49.4 Å². The van der Waals surface area contributed by atoms with Gasteiger partial charge in [-0.15, -0.1) is 0 Å². The maximum absolute atomic E-state index is 11.5. The Labute approximate surface area is 130 Å². The molecule has 0 saturated carbocycles. The average Bonchev–Trinajstić information content (AvgIpc) is 2.91. The lowest BCUT2D eigenvalue weighted by Crippen LogP contribution is -2.19. The largest absolute Gasteiger partial charge is 0.481 e. The fourth-order valence-corrected chi connectivity index (χ4v) is 3.42. The number of hydrogen-bond acceptors (Lipinski definition) is 2. The van der Waals surface area contributed by atoms with Crippen LogP contribution in [-0.2, 0) is 30.6 Å². The summed E-state index contributed by atoms with van der Waals surface area (Å²) in [6.45, 7) is 2.97. The van der Waals surface area contributed by atoms with Crippen LogP contribution in [-0.4, -0.2) is 20.6 Å². The summed E-state index contributed by atoms with van der Waals surface area (Å²) in [7, 11) is 0. The zero-order valence-electron chi connectivity index (χ0n) is 13.0. The van der Waals surface area contributed by atoms with Gasteiger partial charge < -0.3 is 9.67 Å². The summed E-state index contributed by atoms with van der Waals surface area (Å²) in [6, 6.07) is 10.4. The van der Waals surface area contributed by atoms with Gasteiger partial charge in [-0.25, -0.2) is 4.98 Å². The summed E-state index contributed by atoms with van der Waals surface area (Å²) < 4.78 is 2.23. The number of rotatable bonds is 5. The molecule has 1 aliphatic rings. The van der Waals surface area contributed by atoms with E-state index in [0.29, 0.717) is 6.42 Å². The molecular formula is C18H22N2O2. The first kappa shape index (κ1) is 14.8. The number of imidazole rings is 1. The molecular weight excluding hydrogens is 276 g/mol. The van der Waals surface area contributed by atoms with E-state index in [1.165, 1.54) is 5.56 Å². The molecule has 1 aromatic heterocycles. The van der Waals surface area contributed by atoms with E-state index in [9.17, 15) is 9.90 Å². The van der Waals surface area contributed by atoms with Crippen molar-refractivity contribution in [3.63, 3.8) is 0 Å². The van der Waals surface area contributed by atoms with E-state index in [1.54, 1.807) is 0 Å². The Hall–Kier alpha value is -2.10. The van der Waals surface area contributed by atoms with Gasteiger partial charge in [-0.1, -0.05) is 30.3 Å². The molecule has 22 heavy (non-hydrogen) atoms. The third-order valence-corrected chi connectivity index (χ3v) is 4.51. The summed E-state index contributed by atoms with van der Waals surface area (Å²) in [4.78, 5) is 16.2. The molecule has 0 amide bonds. The number of aliphatic carboxylic acids is 1. The summed E-state index contributed by atoms with van der Waals surface area (Å²) in [5.74, 6) is -0.132. The highest BCUT2D eigenvalue weighted by molar-refractivity contribution is 5.76. The number of aryl methyl sites for hydroxylation is 2. The molecule has 0 saturated heterocycles. The van der Waals surface area contributed by atoms with Crippen LogP contribution in [0.25, 0.3) is 0 Å². The monoisotopic (exact) mass is 298 g/mol. The van der Waals surface area contributed by atoms with Crippen LogP contribution in [0.2, 0.25) is 0 Å². The normalized spacial score (nSPS) is 17.2. The third kappa shape index (κ3) is 2.78. The highest BCUT2D eigenvalue weighted by atomic mass is 16.4. The topological polar surface area (TPSA) is 55.1 Å². The molecule has 4 heteroatoms. The van der Waals surface area contributed by atoms with Crippen LogP contribution < -0.4 is 0 Å². The average molecular weight is 298 g/mol. The Bertz CT molecular complexity index is 661. The summed E-state index contributed by atoms with van der Waals surface area (Å²) in [6.07, 6.45) is 4.39. The zero-order valence-corrected chi connectivity index (χ0v) is 13.0. The fraction of sp³-hybridized carbons (Fsp3) is 0.444. The van der Waals surface area contributed by atoms with Gasteiger partial charge in [-0.2, -0.15) is 0 Å². The van der Waals surface area contributed by atoms with Crippen molar-refractivity contribution in [2.24, 2.45) is 0 Å². The van der Waals surface area contributed by atoms with Crippen molar-refractivity contribution in [1.82, 2.24) is 9.55 Å². The van der Waals surface area contributed by atoms with E-state index in [2.05, 4.69) is 23.6 Å². The third-order valence-electron chi connectivity index (χ3n) is 4.51. The number of nitrogens with zero attached hydrogens (tertiary/aromatic N) is 2. The van der Waals surface area contributed by atoms with Crippen LogP contribution in [0.3, 0.4) is 0 Å². The van der Waals surface area contributed by atoms with Gasteiger partial charge in [-0.05, 0) is 38.2 Å². The second kappa shape index (κ2) is 6.34. The Balaban J connectivity index is 1.87. The van der Waals surface area contributed by atoms with Crippen LogP contribution >= 0.6 is 0 Å². The van der Waals surface area contributed by atoms with Gasteiger partial charge in [0, 0.05) is 18.7 Å². The van der Waals surface area contributed by atoms with Crippen LogP contribution in [0.4, 0.5) is 0 Å². The molecule has 0 fully saturated rings. The first-order valence-electron chi connectivity index (χ1n) is 8.05. The van der Waals surface area contributed by atoms with Gasteiger partial charge >= 0.3 is 5.97 Å². The molecule has 1 atom stereocenters. The van der Waals surface area contributed by atoms with Crippen LogP contribution in [0.5, 0.6) is 0 Å². The first-order valence-corrected chi connectivity index (χ1v) is 8.05. The summed E-state index contributed by atoms with van der Waals surface area (Å²) in [5.41, 5.74) is 3.24. The molecule has 1 aromatic carbocycles. The van der Waals surface area contributed by atoms with Gasteiger partial charge in [0.15, 0.2) is 0 Å². The maximum Gasteiger partial charge on any atom is 0.312 e. The highest BCUT2D eigenvalue weighted by Gasteiger charge is 2.31. The standard InChI is InChI=1S/C18H22N2O2/c1-2-20-15-10-6-9-14(18(21)22)17(15)19-16(20)12-11-13-7-4-3-5-8-13/h3-5,7-8,14H,2,6,9-12H2,1H3,(H,21,22). The second-order valence-corrected chi connectivity index (χ2v) is 5.87. The molecule has 1 aliphatic carbocycles. The molecule has 0 radical (unpaired) electrons. The lowest BCUT2D eigenvalue weighted by atomic mass is 9.90. The minimum absolute atomic E-state index is 0.424. The number of carboxylic acid groups (broad SMARTS) is 1. The van der Waals surface area contributed by atoms with Crippen molar-refractivity contribution in [1.29, 1.82) is 0 Å². The highest BCUT2D eigenvalue weighted by Crippen LogP contribution is 2.32. The number of hydrogen-bond donors (Lipinski definition) is 1. The van der Waals surface area contributed by atoms with Gasteiger partial charge in [0.1, 0.15) is 11.7 Å². The molecule has 0 aliphatic heterocycles. The van der Waals surface area contributed by atoms with Gasteiger partial charge in [-0.3, -0.25) is 4.79 Å². The maximum atomic E-state index is 11.5. The molecule has 1 heterocycles. The van der Waals surface area contributed by atoms with Crippen molar-refractivity contribution in [3.05, 3.63) is 53.1 Å². The van der Waals surface area contributed by atoms with Crippen LogP contribution in [0.1, 0.15) is 48.5 Å². The Morgan fingerprint density at radius 3 is 2.77 bits per heavy atom. The number of carbonyl (C=O) groups is 1. The Kier molecular flexibility index (Phi) is 4.27. The van der Waals surface area contributed by atoms with E-state index in [4.69, 9.17) is 4.98 Å². The van der Waals surface area contributed by atoms with Crippen LogP contribution in [0, 0.1) is 0 Å². The lowest BCUT2D eigenvalue weighted by Gasteiger charge is -2.19. The SMILES string of the molecule is CCn1c(CCc2ccccc2)nc2c1CCCC2C(=O)O. The molecule has 116 valence electrons. The molecule has 2 aromatic rings. The minimum Gasteiger partial charge on any atom is -0.481 e. The molecule has 0 bridgehead atoms. The molecule has 0 spiro atoms. The molecule has 3 rings (SSSR count). The van der Waals surface area contributed by atoms with Crippen molar-refractivity contribution < 1.29 is 9.90 Å². The number of carboxylic acids is 1. The number of aromatic nitrogens is 2. The fourth-order valence-electron chi connectivity index (χ4n) is 3.42. The number of benzene rings is 1. The van der Waals surface area contributed by atoms with E-state index in [-0.39, 0.29) is 0 Å². The number of fused-ring (bicyclic) bond motifs is 1. The Morgan fingerprint density at radius 1 is 1.32 bits per heavy atom. The second-order valence-electron chi connectivity index (χ2n) is 5.87. The van der Waals surface area contributed by atoms with E-state index in [1.807, 2.05) is 18.2 Å². The molecule has 1 unspecified atom stereocenters. The molecule has 1 N–H and O–H groups in total. The van der Waals surface area contributed by atoms with Crippen molar-refractivity contribution >= 4 is 5.97 Å². The van der Waals surface area contributed by atoms with E-state index < -0.39 is 11.9 Å². The summed E-state index contributed by atoms with van der Waals surface area (Å²) in [5, 5.41) is 9.42. The lowest BCUT2D eigenvalue weighted by molar-refractivity contribution is -0.139. The first-order chi connectivity index (χ1) is 10.7. The van der Waals surface area contributed by atoms with Gasteiger partial charge in [0.25, 0.3) is 0 Å². The quantitative estimate of drug-likeness (QED) is 0.922.